The van der Waals surface area contributed by atoms with Crippen LogP contribution < -0.4 is 10.1 Å². The van der Waals surface area contributed by atoms with Crippen molar-refractivity contribution in [3.05, 3.63) is 34.2 Å². The number of methoxy groups -OCH3 is 1. The molecule has 0 radical (unpaired) electrons. The summed E-state index contributed by atoms with van der Waals surface area (Å²) in [4.78, 5) is 4.18. The Balaban J connectivity index is 2.11. The minimum absolute atomic E-state index is 0.614. The van der Waals surface area contributed by atoms with Crippen LogP contribution >= 0.6 is 15.9 Å². The first-order valence-electron chi connectivity index (χ1n) is 6.67. The van der Waals surface area contributed by atoms with Crippen LogP contribution in [0.15, 0.2) is 22.8 Å². The summed E-state index contributed by atoms with van der Waals surface area (Å²) in [5, 5.41) is 7.94. The van der Waals surface area contributed by atoms with E-state index in [2.05, 4.69) is 45.2 Å². The molecule has 2 heterocycles. The second-order valence-electron chi connectivity index (χ2n) is 4.32. The molecule has 0 aliphatic heterocycles. The summed E-state index contributed by atoms with van der Waals surface area (Å²) in [7, 11) is 1.61. The predicted molar refractivity (Wildman–Crippen MR) is 83.1 cm³/mol. The molecule has 108 valence electrons. The van der Waals surface area contributed by atoms with Crippen LogP contribution in [0.2, 0.25) is 0 Å². The number of hydrogen-bond acceptors (Lipinski definition) is 4. The van der Waals surface area contributed by atoms with Crippen molar-refractivity contribution in [3.63, 3.8) is 0 Å². The second-order valence-corrected chi connectivity index (χ2v) is 5.11. The molecule has 1 N–H and O–H groups in total. The Morgan fingerprint density at radius 1 is 1.35 bits per heavy atom. The van der Waals surface area contributed by atoms with Crippen LogP contribution in [0.1, 0.15) is 25.2 Å². The van der Waals surface area contributed by atoms with Crippen molar-refractivity contribution in [2.75, 3.05) is 12.4 Å². The van der Waals surface area contributed by atoms with E-state index in [1.54, 1.807) is 13.3 Å². The van der Waals surface area contributed by atoms with Crippen molar-refractivity contribution in [1.82, 2.24) is 14.8 Å². The number of nitrogens with one attached hydrogen (secondary N) is 1. The molecule has 2 aromatic rings. The highest BCUT2D eigenvalue weighted by molar-refractivity contribution is 9.10. The van der Waals surface area contributed by atoms with Gasteiger partial charge < -0.3 is 10.1 Å². The Morgan fingerprint density at radius 3 is 2.70 bits per heavy atom. The van der Waals surface area contributed by atoms with E-state index in [0.29, 0.717) is 12.4 Å². The highest BCUT2D eigenvalue weighted by atomic mass is 79.9. The summed E-state index contributed by atoms with van der Waals surface area (Å²) in [5.74, 6) is 0.614. The Morgan fingerprint density at radius 2 is 2.15 bits per heavy atom. The third kappa shape index (κ3) is 3.12. The largest absolute Gasteiger partial charge is 0.481 e. The molecule has 6 heteroatoms. The molecule has 20 heavy (non-hydrogen) atoms. The number of ether oxygens (including phenoxy) is 1. The van der Waals surface area contributed by atoms with Gasteiger partial charge in [0, 0.05) is 12.6 Å². The zero-order valence-electron chi connectivity index (χ0n) is 12.0. The van der Waals surface area contributed by atoms with Gasteiger partial charge in [-0.15, -0.1) is 0 Å². The van der Waals surface area contributed by atoms with Gasteiger partial charge in [-0.1, -0.05) is 6.92 Å². The molecule has 0 fully saturated rings. The molecule has 0 aromatic carbocycles. The summed E-state index contributed by atoms with van der Waals surface area (Å²) in [5.41, 5.74) is 3.20. The third-order valence-electron chi connectivity index (χ3n) is 3.10. The smallest absolute Gasteiger partial charge is 0.213 e. The zero-order valence-corrected chi connectivity index (χ0v) is 13.6. The fraction of sp³-hybridized carbons (Fsp3) is 0.429. The van der Waals surface area contributed by atoms with Crippen LogP contribution in [0.25, 0.3) is 0 Å². The lowest BCUT2D eigenvalue weighted by Gasteiger charge is -2.09. The topological polar surface area (TPSA) is 52.0 Å². The Kier molecular flexibility index (Phi) is 5.00. The Hall–Kier alpha value is -1.56. The molecule has 2 aromatic heterocycles. The Labute approximate surface area is 127 Å². The van der Waals surface area contributed by atoms with Gasteiger partial charge in [0.25, 0.3) is 0 Å². The maximum Gasteiger partial charge on any atom is 0.213 e. The van der Waals surface area contributed by atoms with Gasteiger partial charge in [0.15, 0.2) is 0 Å². The number of halogens is 1. The first kappa shape index (κ1) is 14.8. The van der Waals surface area contributed by atoms with E-state index in [9.17, 15) is 0 Å². The molecule has 0 unspecified atom stereocenters. The lowest BCUT2D eigenvalue weighted by Crippen LogP contribution is -2.08. The summed E-state index contributed by atoms with van der Waals surface area (Å²) in [6.07, 6.45) is 2.69. The molecule has 0 atom stereocenters. The molecule has 0 saturated heterocycles. The minimum atomic E-state index is 0.614. The van der Waals surface area contributed by atoms with Gasteiger partial charge in [-0.25, -0.2) is 4.98 Å². The van der Waals surface area contributed by atoms with Crippen LogP contribution in [0.4, 0.5) is 5.69 Å². The summed E-state index contributed by atoms with van der Waals surface area (Å²) in [6, 6.07) is 3.79. The van der Waals surface area contributed by atoms with Gasteiger partial charge in [0.2, 0.25) is 5.88 Å². The first-order chi connectivity index (χ1) is 9.69. The quantitative estimate of drug-likeness (QED) is 0.878. The highest BCUT2D eigenvalue weighted by Gasteiger charge is 2.13. The monoisotopic (exact) mass is 338 g/mol. The molecular weight excluding hydrogens is 320 g/mol. The van der Waals surface area contributed by atoms with Gasteiger partial charge in [0.05, 0.1) is 41.4 Å². The van der Waals surface area contributed by atoms with Crippen LogP contribution in [-0.2, 0) is 19.5 Å². The Bertz CT molecular complexity index is 565. The summed E-state index contributed by atoms with van der Waals surface area (Å²) < 4.78 is 8.16. The number of nitrogens with zero attached hydrogens (tertiary/aromatic N) is 3. The molecule has 0 amide bonds. The maximum atomic E-state index is 5.04. The number of anilines is 1. The van der Waals surface area contributed by atoms with Gasteiger partial charge in [-0.3, -0.25) is 4.68 Å². The van der Waals surface area contributed by atoms with Gasteiger partial charge in [-0.2, -0.15) is 5.10 Å². The normalized spacial score (nSPS) is 10.6. The van der Waals surface area contributed by atoms with E-state index in [4.69, 9.17) is 4.74 Å². The van der Waals surface area contributed by atoms with Crippen molar-refractivity contribution in [1.29, 1.82) is 0 Å². The maximum absolute atomic E-state index is 5.04. The molecule has 0 bridgehead atoms. The van der Waals surface area contributed by atoms with E-state index in [1.807, 2.05) is 16.8 Å². The van der Waals surface area contributed by atoms with Crippen molar-refractivity contribution < 1.29 is 4.74 Å². The van der Waals surface area contributed by atoms with Crippen molar-refractivity contribution in [2.45, 2.75) is 33.4 Å². The molecule has 0 aliphatic rings. The molecule has 0 saturated carbocycles. The number of hydrogen-bond donors (Lipinski definition) is 1. The molecule has 0 aliphatic carbocycles. The van der Waals surface area contributed by atoms with Crippen LogP contribution in [0.5, 0.6) is 5.88 Å². The minimum Gasteiger partial charge on any atom is -0.481 e. The van der Waals surface area contributed by atoms with Crippen molar-refractivity contribution in [3.8, 4) is 5.88 Å². The number of aromatic nitrogens is 3. The van der Waals surface area contributed by atoms with Crippen molar-refractivity contribution in [2.24, 2.45) is 0 Å². The third-order valence-corrected chi connectivity index (χ3v) is 4.01. The number of aryl methyl sites for hydroxylation is 2. The van der Waals surface area contributed by atoms with Crippen LogP contribution in [-0.4, -0.2) is 21.9 Å². The average molecular weight is 339 g/mol. The standard InChI is InChI=1S/C14H19BrN4O/c1-4-11-14(15)12(19(5-2)18-11)9-16-10-6-7-13(20-3)17-8-10/h6-8,16H,4-5,9H2,1-3H3. The van der Waals surface area contributed by atoms with Gasteiger partial charge >= 0.3 is 0 Å². The number of pyridine rings is 1. The average Bonchev–Trinajstić information content (AvgIpc) is 2.81. The van der Waals surface area contributed by atoms with Crippen molar-refractivity contribution >= 4 is 21.6 Å². The van der Waals surface area contributed by atoms with E-state index >= 15 is 0 Å². The molecular formula is C14H19BrN4O. The molecule has 5 nitrogen and oxygen atoms in total. The SMILES string of the molecule is CCc1nn(CC)c(CNc2ccc(OC)nc2)c1Br. The number of rotatable bonds is 6. The van der Waals surface area contributed by atoms with E-state index in [0.717, 1.165) is 34.5 Å². The fourth-order valence-electron chi connectivity index (χ4n) is 1.98. The first-order valence-corrected chi connectivity index (χ1v) is 7.46. The lowest BCUT2D eigenvalue weighted by molar-refractivity contribution is 0.398. The summed E-state index contributed by atoms with van der Waals surface area (Å²) >= 11 is 3.64. The van der Waals surface area contributed by atoms with Crippen LogP contribution in [0, 0.1) is 0 Å². The van der Waals surface area contributed by atoms with Gasteiger partial charge in [0.1, 0.15) is 0 Å². The van der Waals surface area contributed by atoms with Crippen LogP contribution in [0.3, 0.4) is 0 Å². The van der Waals surface area contributed by atoms with E-state index in [-0.39, 0.29) is 0 Å². The molecule has 2 rings (SSSR count). The predicted octanol–water partition coefficient (Wildman–Crippen LogP) is 3.24. The van der Waals surface area contributed by atoms with Gasteiger partial charge in [-0.05, 0) is 35.3 Å². The zero-order chi connectivity index (χ0) is 14.5. The van der Waals surface area contributed by atoms with E-state index < -0.39 is 0 Å². The molecule has 0 spiro atoms. The van der Waals surface area contributed by atoms with E-state index in [1.165, 1.54) is 0 Å². The highest BCUT2D eigenvalue weighted by Crippen LogP contribution is 2.23. The second kappa shape index (κ2) is 6.74. The fourth-order valence-corrected chi connectivity index (χ4v) is 2.68. The summed E-state index contributed by atoms with van der Waals surface area (Å²) in [6.45, 7) is 5.76. The lowest BCUT2D eigenvalue weighted by atomic mass is 10.3.